The van der Waals surface area contributed by atoms with Crippen LogP contribution < -0.4 is 0 Å². The fourth-order valence-corrected chi connectivity index (χ4v) is 1.52. The van der Waals surface area contributed by atoms with Gasteiger partial charge in [0.1, 0.15) is 0 Å². The van der Waals surface area contributed by atoms with Crippen LogP contribution in [0.4, 0.5) is 0 Å². The molecule has 0 aromatic carbocycles. The maximum atomic E-state index is 10.4. The first kappa shape index (κ1) is 6.16. The van der Waals surface area contributed by atoms with E-state index in [1.807, 2.05) is 0 Å². The van der Waals surface area contributed by atoms with Gasteiger partial charge in [-0.3, -0.25) is 4.79 Å². The summed E-state index contributed by atoms with van der Waals surface area (Å²) in [5, 5.41) is 8.55. The molecule has 1 heterocycles. The lowest BCUT2D eigenvalue weighted by molar-refractivity contribution is -0.139. The van der Waals surface area contributed by atoms with Crippen molar-refractivity contribution < 1.29 is 14.6 Å². The minimum absolute atomic E-state index is 0.0473. The Labute approximate surface area is 59.0 Å². The van der Waals surface area contributed by atoms with Crippen molar-refractivity contribution in [1.29, 1.82) is 0 Å². The van der Waals surface area contributed by atoms with Crippen molar-refractivity contribution in [3.63, 3.8) is 0 Å². The summed E-state index contributed by atoms with van der Waals surface area (Å²) in [6.45, 7) is 1.57. The molecule has 1 aliphatic carbocycles. The monoisotopic (exact) mass is 142 g/mol. The molecule has 1 saturated carbocycles. The van der Waals surface area contributed by atoms with Crippen molar-refractivity contribution in [2.75, 3.05) is 13.2 Å². The molecule has 2 unspecified atom stereocenters. The molecular formula is C7H10O3. The second-order valence-electron chi connectivity index (χ2n) is 3.14. The molecule has 3 nitrogen and oxygen atoms in total. The molecule has 1 saturated heterocycles. The van der Waals surface area contributed by atoms with E-state index >= 15 is 0 Å². The maximum absolute atomic E-state index is 10.4. The highest BCUT2D eigenvalue weighted by molar-refractivity contribution is 5.73. The lowest BCUT2D eigenvalue weighted by Gasteiger charge is -2.25. The Balaban J connectivity index is 1.83. The van der Waals surface area contributed by atoms with E-state index in [9.17, 15) is 4.79 Å². The lowest BCUT2D eigenvalue weighted by atomic mass is 10.0. The maximum Gasteiger partial charge on any atom is 0.306 e. The first-order valence-corrected chi connectivity index (χ1v) is 3.59. The van der Waals surface area contributed by atoms with E-state index in [0.29, 0.717) is 11.8 Å². The van der Waals surface area contributed by atoms with Crippen molar-refractivity contribution in [1.82, 2.24) is 0 Å². The van der Waals surface area contributed by atoms with Crippen molar-refractivity contribution in [2.45, 2.75) is 6.42 Å². The van der Waals surface area contributed by atoms with Crippen LogP contribution in [-0.2, 0) is 9.53 Å². The van der Waals surface area contributed by atoms with E-state index < -0.39 is 5.97 Å². The second kappa shape index (κ2) is 1.95. The first-order valence-electron chi connectivity index (χ1n) is 3.59. The third-order valence-electron chi connectivity index (χ3n) is 2.43. The fraction of sp³-hybridized carbons (Fsp3) is 0.857. The van der Waals surface area contributed by atoms with Gasteiger partial charge in [-0.15, -0.1) is 0 Å². The van der Waals surface area contributed by atoms with Crippen LogP contribution in [0.15, 0.2) is 0 Å². The van der Waals surface area contributed by atoms with Gasteiger partial charge in [0.2, 0.25) is 0 Å². The third kappa shape index (κ3) is 0.814. The molecule has 0 aromatic heterocycles. The first-order chi connectivity index (χ1) is 4.79. The van der Waals surface area contributed by atoms with E-state index in [2.05, 4.69) is 0 Å². The van der Waals surface area contributed by atoms with E-state index in [-0.39, 0.29) is 5.92 Å². The van der Waals surface area contributed by atoms with Gasteiger partial charge in [0.15, 0.2) is 0 Å². The molecule has 56 valence electrons. The molecule has 2 atom stereocenters. The van der Waals surface area contributed by atoms with Crippen LogP contribution in [0.3, 0.4) is 0 Å². The van der Waals surface area contributed by atoms with Crippen molar-refractivity contribution >= 4 is 5.97 Å². The summed E-state index contributed by atoms with van der Waals surface area (Å²) >= 11 is 0. The highest BCUT2D eigenvalue weighted by Crippen LogP contribution is 2.46. The molecule has 0 aromatic rings. The number of hydrogen-bond donors (Lipinski definition) is 1. The SMILES string of the molecule is O=C(O)C1CC1C1COC1. The van der Waals surface area contributed by atoms with Crippen LogP contribution in [0.2, 0.25) is 0 Å². The second-order valence-corrected chi connectivity index (χ2v) is 3.14. The standard InChI is InChI=1S/C7H10O3/c8-7(9)6-1-5(6)4-2-10-3-4/h4-6H,1-3H2,(H,8,9). The molecule has 2 fully saturated rings. The smallest absolute Gasteiger partial charge is 0.306 e. The normalized spacial score (nSPS) is 38.8. The zero-order valence-corrected chi connectivity index (χ0v) is 5.62. The third-order valence-corrected chi connectivity index (χ3v) is 2.43. The minimum atomic E-state index is -0.628. The van der Waals surface area contributed by atoms with E-state index in [0.717, 1.165) is 19.6 Å². The summed E-state index contributed by atoms with van der Waals surface area (Å²) in [5.74, 6) is 0.318. The topological polar surface area (TPSA) is 46.5 Å². The van der Waals surface area contributed by atoms with Gasteiger partial charge >= 0.3 is 5.97 Å². The highest BCUT2D eigenvalue weighted by Gasteiger charge is 2.49. The number of carbonyl (C=O) groups is 1. The Morgan fingerprint density at radius 1 is 1.50 bits per heavy atom. The van der Waals surface area contributed by atoms with Gasteiger partial charge < -0.3 is 9.84 Å². The van der Waals surface area contributed by atoms with E-state index in [4.69, 9.17) is 9.84 Å². The van der Waals surface area contributed by atoms with Crippen LogP contribution in [0.5, 0.6) is 0 Å². The van der Waals surface area contributed by atoms with Crippen LogP contribution in [-0.4, -0.2) is 24.3 Å². The van der Waals surface area contributed by atoms with E-state index in [1.165, 1.54) is 0 Å². The molecule has 0 bridgehead atoms. The summed E-state index contributed by atoms with van der Waals surface area (Å²) < 4.78 is 4.97. The summed E-state index contributed by atoms with van der Waals surface area (Å²) in [5.41, 5.74) is 0. The lowest BCUT2D eigenvalue weighted by Crippen LogP contribution is -2.30. The molecule has 0 radical (unpaired) electrons. The highest BCUT2D eigenvalue weighted by atomic mass is 16.5. The number of aliphatic carboxylic acids is 1. The number of carboxylic acids is 1. The van der Waals surface area contributed by atoms with Gasteiger partial charge in [0.25, 0.3) is 0 Å². The van der Waals surface area contributed by atoms with Gasteiger partial charge in [-0.25, -0.2) is 0 Å². The molecule has 10 heavy (non-hydrogen) atoms. The van der Waals surface area contributed by atoms with Gasteiger partial charge in [0.05, 0.1) is 19.1 Å². The van der Waals surface area contributed by atoms with Gasteiger partial charge in [0, 0.05) is 5.92 Å². The number of carboxylic acid groups (broad SMARTS) is 1. The Morgan fingerprint density at radius 3 is 2.50 bits per heavy atom. The zero-order chi connectivity index (χ0) is 7.14. The summed E-state index contributed by atoms with van der Waals surface area (Å²) in [6, 6.07) is 0. The Bertz CT molecular complexity index is 162. The fourth-order valence-electron chi connectivity index (χ4n) is 1.52. The largest absolute Gasteiger partial charge is 0.481 e. The minimum Gasteiger partial charge on any atom is -0.481 e. The van der Waals surface area contributed by atoms with Gasteiger partial charge in [-0.05, 0) is 12.3 Å². The summed E-state index contributed by atoms with van der Waals surface area (Å²) in [6.07, 6.45) is 0.878. The number of hydrogen-bond acceptors (Lipinski definition) is 2. The average Bonchev–Trinajstić information content (AvgIpc) is 2.40. The van der Waals surface area contributed by atoms with Crippen molar-refractivity contribution in [2.24, 2.45) is 17.8 Å². The Hall–Kier alpha value is -0.570. The van der Waals surface area contributed by atoms with E-state index in [1.54, 1.807) is 0 Å². The number of rotatable bonds is 2. The Morgan fingerprint density at radius 2 is 2.20 bits per heavy atom. The molecule has 0 amide bonds. The quantitative estimate of drug-likeness (QED) is 0.605. The molecule has 2 rings (SSSR count). The van der Waals surface area contributed by atoms with Gasteiger partial charge in [-0.1, -0.05) is 0 Å². The molecule has 0 spiro atoms. The average molecular weight is 142 g/mol. The molecular weight excluding hydrogens is 132 g/mol. The Kier molecular flexibility index (Phi) is 1.20. The predicted octanol–water partition coefficient (Wildman–Crippen LogP) is 0.354. The summed E-state index contributed by atoms with van der Waals surface area (Å²) in [4.78, 5) is 10.4. The van der Waals surface area contributed by atoms with Gasteiger partial charge in [-0.2, -0.15) is 0 Å². The van der Waals surface area contributed by atoms with Crippen LogP contribution in [0, 0.1) is 17.8 Å². The van der Waals surface area contributed by atoms with Crippen molar-refractivity contribution in [3.8, 4) is 0 Å². The molecule has 3 heteroatoms. The molecule has 1 N–H and O–H groups in total. The van der Waals surface area contributed by atoms with Crippen LogP contribution in [0.25, 0.3) is 0 Å². The summed E-state index contributed by atoms with van der Waals surface area (Å²) in [7, 11) is 0. The predicted molar refractivity (Wildman–Crippen MR) is 33.5 cm³/mol. The molecule has 1 aliphatic heterocycles. The van der Waals surface area contributed by atoms with Crippen LogP contribution >= 0.6 is 0 Å². The van der Waals surface area contributed by atoms with Crippen LogP contribution in [0.1, 0.15) is 6.42 Å². The molecule has 2 aliphatic rings. The zero-order valence-electron chi connectivity index (χ0n) is 5.62. The number of ether oxygens (including phenoxy) is 1. The van der Waals surface area contributed by atoms with Crippen molar-refractivity contribution in [3.05, 3.63) is 0 Å².